The standard InChI is InChI=1S/C26H19ClN2O4/c1-32-19-9-6-8-18(15-19)25(30)29-28-16-22-20-10-3-2-7-17(20)13-14-24(22)33-26(31)21-11-4-5-12-23(21)27/h2-16H,1H3,(H,29,30)/b28-16-. The Balaban J connectivity index is 1.63. The van der Waals surface area contributed by atoms with Crippen LogP contribution in [0.2, 0.25) is 5.02 Å². The summed E-state index contributed by atoms with van der Waals surface area (Å²) < 4.78 is 10.8. The lowest BCUT2D eigenvalue weighted by molar-refractivity contribution is 0.0734. The van der Waals surface area contributed by atoms with Gasteiger partial charge in [-0.1, -0.05) is 60.1 Å². The van der Waals surface area contributed by atoms with E-state index in [0.717, 1.165) is 10.8 Å². The number of carbonyl (C=O) groups excluding carboxylic acids is 2. The molecule has 4 aromatic rings. The Labute approximate surface area is 195 Å². The molecule has 4 rings (SSSR count). The lowest BCUT2D eigenvalue weighted by Gasteiger charge is -2.11. The van der Waals surface area contributed by atoms with Crippen LogP contribution in [0.4, 0.5) is 0 Å². The number of rotatable bonds is 6. The summed E-state index contributed by atoms with van der Waals surface area (Å²) in [6, 6.07) is 24.5. The minimum atomic E-state index is -0.592. The van der Waals surface area contributed by atoms with Gasteiger partial charge in [0.1, 0.15) is 11.5 Å². The molecule has 0 aliphatic rings. The first-order valence-electron chi connectivity index (χ1n) is 10.0. The Morgan fingerprint density at radius 3 is 2.55 bits per heavy atom. The number of carbonyl (C=O) groups is 2. The molecule has 6 nitrogen and oxygen atoms in total. The van der Waals surface area contributed by atoms with Gasteiger partial charge in [-0.25, -0.2) is 10.2 Å². The highest BCUT2D eigenvalue weighted by Crippen LogP contribution is 2.28. The molecule has 164 valence electrons. The topological polar surface area (TPSA) is 77.0 Å². The summed E-state index contributed by atoms with van der Waals surface area (Å²) in [7, 11) is 1.53. The van der Waals surface area contributed by atoms with E-state index in [1.807, 2.05) is 30.3 Å². The zero-order chi connectivity index (χ0) is 23.2. The highest BCUT2D eigenvalue weighted by Gasteiger charge is 2.16. The normalized spacial score (nSPS) is 10.8. The van der Waals surface area contributed by atoms with Gasteiger partial charge in [-0.3, -0.25) is 4.79 Å². The zero-order valence-electron chi connectivity index (χ0n) is 17.6. The Hall–Kier alpha value is -4.16. The number of esters is 1. The van der Waals surface area contributed by atoms with E-state index in [-0.39, 0.29) is 11.3 Å². The van der Waals surface area contributed by atoms with Gasteiger partial charge in [-0.05, 0) is 47.2 Å². The number of fused-ring (bicyclic) bond motifs is 1. The molecule has 0 unspecified atom stereocenters. The first-order valence-corrected chi connectivity index (χ1v) is 10.4. The summed E-state index contributed by atoms with van der Waals surface area (Å²) in [5.41, 5.74) is 3.69. The van der Waals surface area contributed by atoms with E-state index in [1.54, 1.807) is 54.6 Å². The van der Waals surface area contributed by atoms with Crippen molar-refractivity contribution in [3.8, 4) is 11.5 Å². The second-order valence-electron chi connectivity index (χ2n) is 7.00. The molecular formula is C26H19ClN2O4. The maximum absolute atomic E-state index is 12.7. The molecule has 1 N–H and O–H groups in total. The predicted molar refractivity (Wildman–Crippen MR) is 128 cm³/mol. The second-order valence-corrected chi connectivity index (χ2v) is 7.41. The number of methoxy groups -OCH3 is 1. The van der Waals surface area contributed by atoms with E-state index in [9.17, 15) is 9.59 Å². The third-order valence-electron chi connectivity index (χ3n) is 4.92. The molecule has 0 atom stereocenters. The number of ether oxygens (including phenoxy) is 2. The maximum Gasteiger partial charge on any atom is 0.345 e. The van der Waals surface area contributed by atoms with E-state index in [2.05, 4.69) is 10.5 Å². The quantitative estimate of drug-likeness (QED) is 0.179. The third-order valence-corrected chi connectivity index (χ3v) is 5.25. The molecular weight excluding hydrogens is 440 g/mol. The minimum absolute atomic E-state index is 0.251. The Morgan fingerprint density at radius 1 is 0.939 bits per heavy atom. The van der Waals surface area contributed by atoms with Gasteiger partial charge in [0.15, 0.2) is 0 Å². The van der Waals surface area contributed by atoms with Gasteiger partial charge in [-0.2, -0.15) is 5.10 Å². The van der Waals surface area contributed by atoms with Crippen LogP contribution in [0.5, 0.6) is 11.5 Å². The number of amides is 1. The van der Waals surface area contributed by atoms with Crippen molar-refractivity contribution in [2.24, 2.45) is 5.10 Å². The van der Waals surface area contributed by atoms with Crippen molar-refractivity contribution in [1.29, 1.82) is 0 Å². The number of halogens is 1. The van der Waals surface area contributed by atoms with Crippen molar-refractivity contribution in [1.82, 2.24) is 5.43 Å². The fourth-order valence-electron chi connectivity index (χ4n) is 3.26. The number of hydrazone groups is 1. The fourth-order valence-corrected chi connectivity index (χ4v) is 3.48. The Bertz CT molecular complexity index is 1370. The summed E-state index contributed by atoms with van der Waals surface area (Å²) in [5, 5.41) is 6.13. The van der Waals surface area contributed by atoms with Crippen LogP contribution in [0.25, 0.3) is 10.8 Å². The summed E-state index contributed by atoms with van der Waals surface area (Å²) in [4.78, 5) is 25.2. The molecule has 1 amide bonds. The largest absolute Gasteiger partial charge is 0.497 e. The van der Waals surface area contributed by atoms with Crippen molar-refractivity contribution in [3.05, 3.63) is 107 Å². The number of hydrogen-bond donors (Lipinski definition) is 1. The summed E-state index contributed by atoms with van der Waals surface area (Å²) >= 11 is 6.13. The first-order chi connectivity index (χ1) is 16.1. The van der Waals surface area contributed by atoms with E-state index in [0.29, 0.717) is 21.9 Å². The highest BCUT2D eigenvalue weighted by molar-refractivity contribution is 6.33. The number of hydrogen-bond acceptors (Lipinski definition) is 5. The van der Waals surface area contributed by atoms with Gasteiger partial charge >= 0.3 is 5.97 Å². The molecule has 4 aromatic carbocycles. The summed E-state index contributed by atoms with van der Waals surface area (Å²) in [5.74, 6) is -0.140. The molecule has 0 radical (unpaired) electrons. The van der Waals surface area contributed by atoms with Gasteiger partial charge in [0, 0.05) is 11.1 Å². The SMILES string of the molecule is COc1cccc(C(=O)N/N=C\c2c(OC(=O)c3ccccc3Cl)ccc3ccccc23)c1. The molecule has 0 heterocycles. The van der Waals surface area contributed by atoms with E-state index in [4.69, 9.17) is 21.1 Å². The van der Waals surface area contributed by atoms with Crippen LogP contribution in [-0.2, 0) is 0 Å². The summed E-state index contributed by atoms with van der Waals surface area (Å²) in [6.07, 6.45) is 1.45. The van der Waals surface area contributed by atoms with Crippen molar-refractivity contribution in [3.63, 3.8) is 0 Å². The highest BCUT2D eigenvalue weighted by atomic mass is 35.5. The van der Waals surface area contributed by atoms with Crippen LogP contribution in [0.3, 0.4) is 0 Å². The molecule has 0 saturated heterocycles. The minimum Gasteiger partial charge on any atom is -0.497 e. The van der Waals surface area contributed by atoms with Crippen molar-refractivity contribution < 1.29 is 19.1 Å². The molecule has 0 aliphatic heterocycles. The Kier molecular flexibility index (Phi) is 6.66. The lowest BCUT2D eigenvalue weighted by atomic mass is 10.0. The van der Waals surface area contributed by atoms with Crippen LogP contribution in [0.15, 0.2) is 90.0 Å². The number of nitrogens with zero attached hydrogens (tertiary/aromatic N) is 1. The molecule has 0 saturated carbocycles. The van der Waals surface area contributed by atoms with E-state index >= 15 is 0 Å². The molecule has 0 fully saturated rings. The monoisotopic (exact) mass is 458 g/mol. The number of nitrogens with one attached hydrogen (secondary N) is 1. The van der Waals surface area contributed by atoms with Crippen molar-refractivity contribution in [2.45, 2.75) is 0 Å². The lowest BCUT2D eigenvalue weighted by Crippen LogP contribution is -2.17. The Morgan fingerprint density at radius 2 is 1.73 bits per heavy atom. The van der Waals surface area contributed by atoms with Gasteiger partial charge < -0.3 is 9.47 Å². The van der Waals surface area contributed by atoms with Gasteiger partial charge in [0.25, 0.3) is 5.91 Å². The van der Waals surface area contributed by atoms with Gasteiger partial charge in [0.05, 0.1) is 23.9 Å². The first kappa shape index (κ1) is 22.0. The smallest absolute Gasteiger partial charge is 0.345 e. The van der Waals surface area contributed by atoms with Crippen LogP contribution in [0, 0.1) is 0 Å². The average molecular weight is 459 g/mol. The maximum atomic E-state index is 12.7. The summed E-state index contributed by atoms with van der Waals surface area (Å²) in [6.45, 7) is 0. The van der Waals surface area contributed by atoms with Crippen LogP contribution < -0.4 is 14.9 Å². The van der Waals surface area contributed by atoms with Crippen molar-refractivity contribution in [2.75, 3.05) is 7.11 Å². The fraction of sp³-hybridized carbons (Fsp3) is 0.0385. The zero-order valence-corrected chi connectivity index (χ0v) is 18.4. The van der Waals surface area contributed by atoms with Gasteiger partial charge in [0.2, 0.25) is 0 Å². The molecule has 0 aliphatic carbocycles. The van der Waals surface area contributed by atoms with Crippen LogP contribution >= 0.6 is 11.6 Å². The average Bonchev–Trinajstić information content (AvgIpc) is 2.85. The number of benzene rings is 4. The molecule has 7 heteroatoms. The molecule has 33 heavy (non-hydrogen) atoms. The molecule has 0 aromatic heterocycles. The molecule has 0 bridgehead atoms. The van der Waals surface area contributed by atoms with Crippen LogP contribution in [-0.4, -0.2) is 25.2 Å². The van der Waals surface area contributed by atoms with Gasteiger partial charge in [-0.15, -0.1) is 0 Å². The predicted octanol–water partition coefficient (Wildman–Crippen LogP) is 5.48. The van der Waals surface area contributed by atoms with E-state index < -0.39 is 11.9 Å². The van der Waals surface area contributed by atoms with Crippen LogP contribution in [0.1, 0.15) is 26.3 Å². The second kappa shape index (κ2) is 9.97. The van der Waals surface area contributed by atoms with E-state index in [1.165, 1.54) is 13.3 Å². The van der Waals surface area contributed by atoms with Crippen molar-refractivity contribution >= 4 is 40.5 Å². The third kappa shape index (κ3) is 5.02. The molecule has 0 spiro atoms.